The molecule has 0 aromatic heterocycles. The van der Waals surface area contributed by atoms with E-state index < -0.39 is 22.5 Å². The molecular formula is C16H16ClNO4S. The largest absolute Gasteiger partial charge is 0.465 e. The molecule has 122 valence electrons. The maximum absolute atomic E-state index is 12.9. The first kappa shape index (κ1) is 17.3. The second-order valence-corrected chi connectivity index (χ2v) is 6.90. The summed E-state index contributed by atoms with van der Waals surface area (Å²) in [5.74, 6) is -0.617. The SMILES string of the molecule is CCOC(=O)CN(c1ccccc1)S(=O)(=O)c1ccc(Cl)cc1. The molecule has 2 aromatic carbocycles. The Kier molecular flexibility index (Phi) is 5.63. The standard InChI is InChI=1S/C16H16ClNO4S/c1-2-22-16(19)12-18(14-6-4-3-5-7-14)23(20,21)15-10-8-13(17)9-11-15/h3-11H,2,12H2,1H3. The quantitative estimate of drug-likeness (QED) is 0.748. The first-order valence-electron chi connectivity index (χ1n) is 6.94. The molecule has 23 heavy (non-hydrogen) atoms. The summed E-state index contributed by atoms with van der Waals surface area (Å²) >= 11 is 5.80. The Morgan fingerprint density at radius 3 is 2.26 bits per heavy atom. The molecule has 0 N–H and O–H groups in total. The predicted molar refractivity (Wildman–Crippen MR) is 89.1 cm³/mol. The lowest BCUT2D eigenvalue weighted by molar-refractivity contribution is -0.141. The van der Waals surface area contributed by atoms with E-state index in [2.05, 4.69) is 0 Å². The third-order valence-corrected chi connectivity index (χ3v) is 5.06. The molecule has 0 bridgehead atoms. The molecular weight excluding hydrogens is 338 g/mol. The summed E-state index contributed by atoms with van der Waals surface area (Å²) in [6, 6.07) is 14.2. The number of halogens is 1. The second-order valence-electron chi connectivity index (χ2n) is 4.61. The zero-order valence-corrected chi connectivity index (χ0v) is 14.0. The van der Waals surface area contributed by atoms with Crippen LogP contribution in [0.15, 0.2) is 59.5 Å². The van der Waals surface area contributed by atoms with Gasteiger partial charge in [0, 0.05) is 5.02 Å². The van der Waals surface area contributed by atoms with Crippen molar-refractivity contribution in [3.8, 4) is 0 Å². The van der Waals surface area contributed by atoms with E-state index >= 15 is 0 Å². The number of rotatable bonds is 6. The van der Waals surface area contributed by atoms with Gasteiger partial charge in [0.15, 0.2) is 0 Å². The zero-order valence-electron chi connectivity index (χ0n) is 12.5. The summed E-state index contributed by atoms with van der Waals surface area (Å²) in [7, 11) is -3.91. The minimum atomic E-state index is -3.91. The molecule has 0 unspecified atom stereocenters. The third-order valence-electron chi connectivity index (χ3n) is 3.02. The van der Waals surface area contributed by atoms with Gasteiger partial charge in [-0.25, -0.2) is 8.42 Å². The number of nitrogens with zero attached hydrogens (tertiary/aromatic N) is 1. The third kappa shape index (κ3) is 4.24. The highest BCUT2D eigenvalue weighted by atomic mass is 35.5. The van der Waals surface area contributed by atoms with Gasteiger partial charge in [-0.05, 0) is 43.3 Å². The average molecular weight is 354 g/mol. The van der Waals surface area contributed by atoms with Crippen molar-refractivity contribution < 1.29 is 17.9 Å². The number of para-hydroxylation sites is 1. The minimum absolute atomic E-state index is 0.0510. The van der Waals surface area contributed by atoms with Crippen molar-refractivity contribution in [3.05, 3.63) is 59.6 Å². The van der Waals surface area contributed by atoms with Crippen molar-refractivity contribution in [1.82, 2.24) is 0 Å². The fraction of sp³-hybridized carbons (Fsp3) is 0.188. The van der Waals surface area contributed by atoms with Crippen LogP contribution in [0.3, 0.4) is 0 Å². The summed E-state index contributed by atoms with van der Waals surface area (Å²) in [5, 5.41) is 0.431. The van der Waals surface area contributed by atoms with Gasteiger partial charge in [0.25, 0.3) is 10.0 Å². The fourth-order valence-electron chi connectivity index (χ4n) is 1.97. The first-order valence-corrected chi connectivity index (χ1v) is 8.76. The fourth-order valence-corrected chi connectivity index (χ4v) is 3.50. The van der Waals surface area contributed by atoms with Gasteiger partial charge in [-0.2, -0.15) is 0 Å². The molecule has 0 aliphatic heterocycles. The number of carbonyl (C=O) groups excluding carboxylic acids is 1. The van der Waals surface area contributed by atoms with Gasteiger partial charge in [-0.3, -0.25) is 9.10 Å². The molecule has 2 aromatic rings. The molecule has 7 heteroatoms. The molecule has 0 amide bonds. The Morgan fingerprint density at radius 2 is 1.70 bits per heavy atom. The first-order chi connectivity index (χ1) is 10.9. The van der Waals surface area contributed by atoms with E-state index in [1.807, 2.05) is 0 Å². The molecule has 0 fully saturated rings. The van der Waals surface area contributed by atoms with Gasteiger partial charge in [0.1, 0.15) is 6.54 Å². The number of benzene rings is 2. The molecule has 0 aliphatic rings. The maximum atomic E-state index is 12.9. The monoisotopic (exact) mass is 353 g/mol. The van der Waals surface area contributed by atoms with Crippen LogP contribution >= 0.6 is 11.6 Å². The number of ether oxygens (including phenoxy) is 1. The summed E-state index contributed by atoms with van der Waals surface area (Å²) in [6.07, 6.45) is 0. The van der Waals surface area contributed by atoms with E-state index in [9.17, 15) is 13.2 Å². The smallest absolute Gasteiger partial charge is 0.326 e. The maximum Gasteiger partial charge on any atom is 0.326 e. The van der Waals surface area contributed by atoms with Gasteiger partial charge < -0.3 is 4.74 Å². The zero-order chi connectivity index (χ0) is 16.9. The van der Waals surface area contributed by atoms with Crippen molar-refractivity contribution >= 4 is 33.3 Å². The number of hydrogen-bond acceptors (Lipinski definition) is 4. The van der Waals surface area contributed by atoms with E-state index in [1.54, 1.807) is 37.3 Å². The topological polar surface area (TPSA) is 63.7 Å². The summed E-state index contributed by atoms with van der Waals surface area (Å²) in [4.78, 5) is 11.9. The molecule has 5 nitrogen and oxygen atoms in total. The molecule has 0 aliphatic carbocycles. The van der Waals surface area contributed by atoms with Crippen LogP contribution in [0.2, 0.25) is 5.02 Å². The molecule has 0 radical (unpaired) electrons. The van der Waals surface area contributed by atoms with Crippen LogP contribution in [0, 0.1) is 0 Å². The summed E-state index contributed by atoms with van der Waals surface area (Å²) < 4.78 is 31.6. The second kappa shape index (κ2) is 7.48. The molecule has 2 rings (SSSR count). The Morgan fingerprint density at radius 1 is 1.09 bits per heavy atom. The van der Waals surface area contributed by atoms with E-state index in [0.717, 1.165) is 4.31 Å². The number of hydrogen-bond donors (Lipinski definition) is 0. The lowest BCUT2D eigenvalue weighted by atomic mass is 10.3. The van der Waals surface area contributed by atoms with Gasteiger partial charge in [-0.15, -0.1) is 0 Å². The molecule has 0 saturated heterocycles. The Balaban J connectivity index is 2.43. The van der Waals surface area contributed by atoms with Gasteiger partial charge in [-0.1, -0.05) is 29.8 Å². The van der Waals surface area contributed by atoms with Crippen LogP contribution in [0.1, 0.15) is 6.92 Å². The number of anilines is 1. The van der Waals surface area contributed by atoms with Crippen LogP contribution in [0.5, 0.6) is 0 Å². The van der Waals surface area contributed by atoms with Crippen molar-refractivity contribution in [1.29, 1.82) is 0 Å². The van der Waals surface area contributed by atoms with Crippen LogP contribution < -0.4 is 4.31 Å². The van der Waals surface area contributed by atoms with Gasteiger partial charge in [0.05, 0.1) is 17.2 Å². The minimum Gasteiger partial charge on any atom is -0.465 e. The molecule has 0 saturated carbocycles. The number of esters is 1. The van der Waals surface area contributed by atoms with E-state index in [1.165, 1.54) is 24.3 Å². The number of carbonyl (C=O) groups is 1. The van der Waals surface area contributed by atoms with Crippen molar-refractivity contribution in [2.45, 2.75) is 11.8 Å². The van der Waals surface area contributed by atoms with Crippen LogP contribution in [0.25, 0.3) is 0 Å². The Bertz CT molecular complexity index is 760. The van der Waals surface area contributed by atoms with Crippen LogP contribution in [0.4, 0.5) is 5.69 Å². The van der Waals surface area contributed by atoms with E-state index in [0.29, 0.717) is 10.7 Å². The van der Waals surface area contributed by atoms with Crippen LogP contribution in [-0.4, -0.2) is 27.5 Å². The average Bonchev–Trinajstić information content (AvgIpc) is 2.54. The van der Waals surface area contributed by atoms with Crippen molar-refractivity contribution in [3.63, 3.8) is 0 Å². The lowest BCUT2D eigenvalue weighted by Gasteiger charge is -2.23. The molecule has 0 atom stereocenters. The molecule has 0 heterocycles. The highest BCUT2D eigenvalue weighted by Gasteiger charge is 2.27. The normalized spacial score (nSPS) is 11.0. The van der Waals surface area contributed by atoms with E-state index in [-0.39, 0.29) is 11.5 Å². The van der Waals surface area contributed by atoms with Crippen LogP contribution in [-0.2, 0) is 19.6 Å². The van der Waals surface area contributed by atoms with E-state index in [4.69, 9.17) is 16.3 Å². The summed E-state index contributed by atoms with van der Waals surface area (Å²) in [6.45, 7) is 1.45. The lowest BCUT2D eigenvalue weighted by Crippen LogP contribution is -2.36. The van der Waals surface area contributed by atoms with Crippen molar-refractivity contribution in [2.75, 3.05) is 17.5 Å². The van der Waals surface area contributed by atoms with Gasteiger partial charge in [0.2, 0.25) is 0 Å². The highest BCUT2D eigenvalue weighted by molar-refractivity contribution is 7.92. The summed E-state index contributed by atoms with van der Waals surface area (Å²) in [5.41, 5.74) is 0.385. The van der Waals surface area contributed by atoms with Crippen molar-refractivity contribution in [2.24, 2.45) is 0 Å². The molecule has 0 spiro atoms. The van der Waals surface area contributed by atoms with Gasteiger partial charge >= 0.3 is 5.97 Å². The Labute approximate surface area is 140 Å². The Hall–Kier alpha value is -2.05. The number of sulfonamides is 1. The highest BCUT2D eigenvalue weighted by Crippen LogP contribution is 2.24. The predicted octanol–water partition coefficient (Wildman–Crippen LogP) is 3.10.